The van der Waals surface area contributed by atoms with E-state index in [1.807, 2.05) is 29.9 Å². The zero-order valence-corrected chi connectivity index (χ0v) is 16.0. The van der Waals surface area contributed by atoms with Crippen molar-refractivity contribution in [1.29, 1.82) is 0 Å². The van der Waals surface area contributed by atoms with Crippen molar-refractivity contribution in [3.8, 4) is 0 Å². The van der Waals surface area contributed by atoms with Crippen molar-refractivity contribution in [2.24, 2.45) is 13.0 Å². The van der Waals surface area contributed by atoms with Crippen LogP contribution in [0.5, 0.6) is 0 Å². The second-order valence-corrected chi connectivity index (χ2v) is 7.11. The first-order valence-electron chi connectivity index (χ1n) is 9.37. The molecule has 2 aromatic heterocycles. The third kappa shape index (κ3) is 4.30. The summed E-state index contributed by atoms with van der Waals surface area (Å²) in [5.74, 6) is 0.576. The van der Waals surface area contributed by atoms with Gasteiger partial charge >= 0.3 is 0 Å². The Morgan fingerprint density at radius 3 is 2.88 bits per heavy atom. The van der Waals surface area contributed by atoms with Crippen molar-refractivity contribution < 1.29 is 4.79 Å². The monoisotopic (exact) mass is 359 g/mol. The quantitative estimate of drug-likeness (QED) is 0.746. The first-order chi connectivity index (χ1) is 12.6. The maximum Gasteiger partial charge on any atom is 0.224 e. The predicted octanol–water partition coefficient (Wildman–Crippen LogP) is 1.33. The SMILES string of the molecule is CCN1CCC[C@@H](CN(C)C(=O)CCn2cncn2)[C@@H]1c1cnn(C)c1. The number of aromatic nitrogens is 5. The van der Waals surface area contributed by atoms with E-state index < -0.39 is 0 Å². The normalized spacial score (nSPS) is 21.0. The van der Waals surface area contributed by atoms with E-state index in [1.54, 1.807) is 11.0 Å². The lowest BCUT2D eigenvalue weighted by molar-refractivity contribution is -0.131. The van der Waals surface area contributed by atoms with Gasteiger partial charge in [-0.2, -0.15) is 10.2 Å². The Morgan fingerprint density at radius 1 is 1.38 bits per heavy atom. The van der Waals surface area contributed by atoms with Gasteiger partial charge < -0.3 is 4.90 Å². The second kappa shape index (κ2) is 8.44. The molecule has 0 saturated carbocycles. The van der Waals surface area contributed by atoms with Gasteiger partial charge in [0.15, 0.2) is 0 Å². The molecule has 0 spiro atoms. The van der Waals surface area contributed by atoms with E-state index in [1.165, 1.54) is 18.3 Å². The number of hydrogen-bond acceptors (Lipinski definition) is 5. The van der Waals surface area contributed by atoms with Crippen LogP contribution in [-0.2, 0) is 18.4 Å². The highest BCUT2D eigenvalue weighted by Gasteiger charge is 2.33. The van der Waals surface area contributed by atoms with Gasteiger partial charge in [0.05, 0.1) is 12.7 Å². The molecule has 3 rings (SSSR count). The summed E-state index contributed by atoms with van der Waals surface area (Å²) >= 11 is 0. The van der Waals surface area contributed by atoms with E-state index in [0.717, 1.165) is 26.1 Å². The number of piperidine rings is 1. The van der Waals surface area contributed by atoms with Gasteiger partial charge in [-0.05, 0) is 31.8 Å². The van der Waals surface area contributed by atoms with Crippen molar-refractivity contribution in [1.82, 2.24) is 34.3 Å². The van der Waals surface area contributed by atoms with Crippen LogP contribution in [0.25, 0.3) is 0 Å². The van der Waals surface area contributed by atoms with Crippen LogP contribution in [0.2, 0.25) is 0 Å². The molecule has 1 fully saturated rings. The Morgan fingerprint density at radius 2 is 2.23 bits per heavy atom. The summed E-state index contributed by atoms with van der Waals surface area (Å²) in [7, 11) is 3.87. The van der Waals surface area contributed by atoms with E-state index in [-0.39, 0.29) is 5.91 Å². The summed E-state index contributed by atoms with van der Waals surface area (Å²) in [5.41, 5.74) is 1.25. The van der Waals surface area contributed by atoms with Crippen molar-refractivity contribution in [3.05, 3.63) is 30.6 Å². The summed E-state index contributed by atoms with van der Waals surface area (Å²) in [6, 6.07) is 0.327. The molecule has 0 aromatic carbocycles. The van der Waals surface area contributed by atoms with Gasteiger partial charge in [-0.3, -0.25) is 19.1 Å². The molecule has 1 aliphatic rings. The summed E-state index contributed by atoms with van der Waals surface area (Å²) in [5, 5.41) is 8.42. The number of carbonyl (C=O) groups is 1. The Hall–Kier alpha value is -2.22. The first-order valence-corrected chi connectivity index (χ1v) is 9.37. The van der Waals surface area contributed by atoms with Crippen molar-refractivity contribution in [2.75, 3.05) is 26.7 Å². The molecule has 2 aromatic rings. The van der Waals surface area contributed by atoms with Crippen LogP contribution in [0.4, 0.5) is 0 Å². The van der Waals surface area contributed by atoms with Gasteiger partial charge in [0.25, 0.3) is 0 Å². The topological polar surface area (TPSA) is 72.1 Å². The molecule has 1 amide bonds. The van der Waals surface area contributed by atoms with Crippen LogP contribution >= 0.6 is 0 Å². The highest BCUT2D eigenvalue weighted by Crippen LogP contribution is 2.36. The molecular formula is C18H29N7O. The van der Waals surface area contributed by atoms with Gasteiger partial charge in [-0.1, -0.05) is 6.92 Å². The van der Waals surface area contributed by atoms with Crippen LogP contribution in [-0.4, -0.2) is 66.9 Å². The van der Waals surface area contributed by atoms with Crippen LogP contribution in [0, 0.1) is 5.92 Å². The number of likely N-dealkylation sites (tertiary alicyclic amines) is 1. The third-order valence-corrected chi connectivity index (χ3v) is 5.29. The standard InChI is InChI=1S/C18H29N7O/c1-4-24-8-5-6-15(18(24)16-10-20-23(3)12-16)11-22(2)17(26)7-9-25-14-19-13-21-25/h10,12-15,18H,4-9,11H2,1-3H3/t15-,18+/m0/s1. The first kappa shape index (κ1) is 18.6. The van der Waals surface area contributed by atoms with Gasteiger partial charge in [-0.15, -0.1) is 0 Å². The zero-order valence-electron chi connectivity index (χ0n) is 16.0. The van der Waals surface area contributed by atoms with Crippen molar-refractivity contribution in [3.63, 3.8) is 0 Å². The molecule has 142 valence electrons. The molecule has 2 atom stereocenters. The number of aryl methyl sites for hydroxylation is 2. The summed E-state index contributed by atoms with van der Waals surface area (Å²) in [6.07, 6.45) is 9.98. The average Bonchev–Trinajstić information content (AvgIpc) is 3.30. The summed E-state index contributed by atoms with van der Waals surface area (Å²) in [4.78, 5) is 20.9. The fourth-order valence-electron chi connectivity index (χ4n) is 3.98. The Balaban J connectivity index is 1.64. The van der Waals surface area contributed by atoms with E-state index >= 15 is 0 Å². The fourth-order valence-corrected chi connectivity index (χ4v) is 3.98. The minimum atomic E-state index is 0.152. The maximum atomic E-state index is 12.5. The highest BCUT2D eigenvalue weighted by atomic mass is 16.2. The lowest BCUT2D eigenvalue weighted by Crippen LogP contribution is -2.44. The van der Waals surface area contributed by atoms with Gasteiger partial charge in [-0.25, -0.2) is 4.98 Å². The van der Waals surface area contributed by atoms with Crippen LogP contribution < -0.4 is 0 Å². The average molecular weight is 359 g/mol. The lowest BCUT2D eigenvalue weighted by atomic mass is 9.85. The van der Waals surface area contributed by atoms with E-state index in [0.29, 0.717) is 24.9 Å². The predicted molar refractivity (Wildman–Crippen MR) is 98.2 cm³/mol. The van der Waals surface area contributed by atoms with Crippen LogP contribution in [0.1, 0.15) is 37.8 Å². The number of amides is 1. The lowest BCUT2D eigenvalue weighted by Gasteiger charge is -2.42. The molecule has 0 aliphatic carbocycles. The Bertz CT molecular complexity index is 696. The van der Waals surface area contributed by atoms with E-state index in [2.05, 4.69) is 33.2 Å². The Labute approximate surface area is 154 Å². The molecule has 1 aliphatic heterocycles. The minimum absolute atomic E-state index is 0.152. The van der Waals surface area contributed by atoms with Gasteiger partial charge in [0, 0.05) is 44.9 Å². The number of carbonyl (C=O) groups excluding carboxylic acids is 1. The highest BCUT2D eigenvalue weighted by molar-refractivity contribution is 5.75. The number of hydrogen-bond donors (Lipinski definition) is 0. The third-order valence-electron chi connectivity index (χ3n) is 5.29. The van der Waals surface area contributed by atoms with E-state index in [4.69, 9.17) is 0 Å². The largest absolute Gasteiger partial charge is 0.345 e. The number of nitrogens with zero attached hydrogens (tertiary/aromatic N) is 7. The summed E-state index contributed by atoms with van der Waals surface area (Å²) in [6.45, 7) is 5.67. The van der Waals surface area contributed by atoms with Crippen LogP contribution in [0.15, 0.2) is 25.0 Å². The molecule has 26 heavy (non-hydrogen) atoms. The smallest absolute Gasteiger partial charge is 0.224 e. The Kier molecular flexibility index (Phi) is 6.03. The molecule has 0 bridgehead atoms. The van der Waals surface area contributed by atoms with Gasteiger partial charge in [0.2, 0.25) is 5.91 Å². The molecule has 1 saturated heterocycles. The maximum absolute atomic E-state index is 12.5. The van der Waals surface area contributed by atoms with Crippen molar-refractivity contribution in [2.45, 2.75) is 38.8 Å². The second-order valence-electron chi connectivity index (χ2n) is 7.11. The summed E-state index contributed by atoms with van der Waals surface area (Å²) < 4.78 is 3.56. The zero-order chi connectivity index (χ0) is 18.5. The molecule has 3 heterocycles. The van der Waals surface area contributed by atoms with Crippen LogP contribution in [0.3, 0.4) is 0 Å². The van der Waals surface area contributed by atoms with Crippen molar-refractivity contribution >= 4 is 5.91 Å². The molecular weight excluding hydrogens is 330 g/mol. The van der Waals surface area contributed by atoms with Gasteiger partial charge in [0.1, 0.15) is 12.7 Å². The number of rotatable bonds is 7. The van der Waals surface area contributed by atoms with E-state index in [9.17, 15) is 4.79 Å². The minimum Gasteiger partial charge on any atom is -0.345 e. The molecule has 0 unspecified atom stereocenters. The molecule has 0 radical (unpaired) electrons. The fraction of sp³-hybridized carbons (Fsp3) is 0.667. The molecule has 0 N–H and O–H groups in total. The molecule has 8 heteroatoms. The molecule has 8 nitrogen and oxygen atoms in total.